The number of anilines is 1. The number of benzene rings is 2. The Labute approximate surface area is 244 Å². The van der Waals surface area contributed by atoms with E-state index in [2.05, 4.69) is 17.6 Å². The maximum atomic E-state index is 14.2. The number of primary amides is 1. The molecule has 224 valence electrons. The average molecular weight is 567 g/mol. The van der Waals surface area contributed by atoms with Gasteiger partial charge in [0.05, 0.1) is 6.42 Å². The molecule has 0 heterocycles. The summed E-state index contributed by atoms with van der Waals surface area (Å²) in [6, 6.07) is 10.8. The SMILES string of the molecule is CCCCCCN(C(=O)C(CC(N)=O)NC(=O)OC(C)(C)C)C(C(=O)Nc1ccccc1C)c1cc(C)cc(C)c1. The molecule has 0 aliphatic rings. The first-order chi connectivity index (χ1) is 19.2. The van der Waals surface area contributed by atoms with Gasteiger partial charge in [-0.2, -0.15) is 0 Å². The Bertz CT molecular complexity index is 1200. The molecule has 4 N–H and O–H groups in total. The predicted molar refractivity (Wildman–Crippen MR) is 161 cm³/mol. The second kappa shape index (κ2) is 15.2. The van der Waals surface area contributed by atoms with E-state index in [-0.39, 0.29) is 6.54 Å². The molecule has 0 aliphatic heterocycles. The van der Waals surface area contributed by atoms with Crippen molar-refractivity contribution < 1.29 is 23.9 Å². The van der Waals surface area contributed by atoms with Crippen molar-refractivity contribution in [2.24, 2.45) is 5.73 Å². The highest BCUT2D eigenvalue weighted by molar-refractivity contribution is 6.00. The standard InChI is InChI=1S/C32H46N4O5/c1-8-9-10-13-16-36(30(39)26(20-27(33)37)35-31(40)41-32(5,6)7)28(24-18-21(2)17-22(3)19-24)29(38)34-25-15-12-11-14-23(25)4/h11-12,14-15,17-19,26,28H,8-10,13,16,20H2,1-7H3,(H2,33,37)(H,34,38)(H,35,40). The van der Waals surface area contributed by atoms with E-state index in [9.17, 15) is 19.2 Å². The van der Waals surface area contributed by atoms with E-state index in [0.29, 0.717) is 17.7 Å². The number of alkyl carbamates (subject to hydrolysis) is 1. The summed E-state index contributed by atoms with van der Waals surface area (Å²) in [5, 5.41) is 5.53. The first kappa shape index (κ1) is 33.3. The smallest absolute Gasteiger partial charge is 0.408 e. The van der Waals surface area contributed by atoms with Crippen LogP contribution < -0.4 is 16.4 Å². The van der Waals surface area contributed by atoms with Gasteiger partial charge in [0, 0.05) is 12.2 Å². The van der Waals surface area contributed by atoms with Crippen LogP contribution >= 0.6 is 0 Å². The van der Waals surface area contributed by atoms with Gasteiger partial charge in [-0.3, -0.25) is 14.4 Å². The number of para-hydroxylation sites is 1. The van der Waals surface area contributed by atoms with Crippen molar-refractivity contribution in [3.05, 3.63) is 64.7 Å². The van der Waals surface area contributed by atoms with Crippen LogP contribution in [0.3, 0.4) is 0 Å². The Balaban J connectivity index is 2.60. The minimum Gasteiger partial charge on any atom is -0.444 e. The number of ether oxygens (including phenoxy) is 1. The third kappa shape index (κ3) is 10.9. The van der Waals surface area contributed by atoms with Gasteiger partial charge in [-0.05, 0) is 65.2 Å². The molecular weight excluding hydrogens is 520 g/mol. The molecule has 4 amide bonds. The first-order valence-corrected chi connectivity index (χ1v) is 14.2. The zero-order valence-corrected chi connectivity index (χ0v) is 25.5. The third-order valence-corrected chi connectivity index (χ3v) is 6.45. The van der Waals surface area contributed by atoms with Crippen LogP contribution in [0.5, 0.6) is 0 Å². The quantitative estimate of drug-likeness (QED) is 0.277. The number of aryl methyl sites for hydroxylation is 3. The Morgan fingerprint density at radius 2 is 1.59 bits per heavy atom. The van der Waals surface area contributed by atoms with E-state index >= 15 is 0 Å². The van der Waals surface area contributed by atoms with Crippen LogP contribution in [0.4, 0.5) is 10.5 Å². The number of hydrogen-bond donors (Lipinski definition) is 3. The molecule has 2 aromatic carbocycles. The lowest BCUT2D eigenvalue weighted by molar-refractivity contribution is -0.142. The number of nitrogens with two attached hydrogens (primary N) is 1. The van der Waals surface area contributed by atoms with E-state index in [1.54, 1.807) is 26.8 Å². The molecule has 2 rings (SSSR count). The highest BCUT2D eigenvalue weighted by atomic mass is 16.6. The molecule has 0 spiro atoms. The highest BCUT2D eigenvalue weighted by Gasteiger charge is 2.37. The fourth-order valence-corrected chi connectivity index (χ4v) is 4.68. The molecule has 0 fully saturated rings. The summed E-state index contributed by atoms with van der Waals surface area (Å²) in [5.41, 5.74) is 8.69. The molecule has 9 heteroatoms. The van der Waals surface area contributed by atoms with Crippen molar-refractivity contribution >= 4 is 29.5 Å². The van der Waals surface area contributed by atoms with Crippen molar-refractivity contribution in [2.75, 3.05) is 11.9 Å². The van der Waals surface area contributed by atoms with Crippen LogP contribution in [0.1, 0.15) is 88.1 Å². The monoisotopic (exact) mass is 566 g/mol. The third-order valence-electron chi connectivity index (χ3n) is 6.45. The van der Waals surface area contributed by atoms with E-state index in [4.69, 9.17) is 10.5 Å². The summed E-state index contributed by atoms with van der Waals surface area (Å²) in [6.45, 7) is 13.2. The zero-order chi connectivity index (χ0) is 30.7. The second-order valence-corrected chi connectivity index (χ2v) is 11.6. The molecule has 2 aromatic rings. The topological polar surface area (TPSA) is 131 Å². The number of nitrogens with zero attached hydrogens (tertiary/aromatic N) is 1. The summed E-state index contributed by atoms with van der Waals surface area (Å²) in [6.07, 6.45) is 2.14. The van der Waals surface area contributed by atoms with Gasteiger partial charge in [0.15, 0.2) is 0 Å². The summed E-state index contributed by atoms with van der Waals surface area (Å²) in [5.74, 6) is -1.75. The summed E-state index contributed by atoms with van der Waals surface area (Å²) in [4.78, 5) is 54.5. The van der Waals surface area contributed by atoms with Crippen LogP contribution in [0, 0.1) is 20.8 Å². The van der Waals surface area contributed by atoms with Crippen LogP contribution in [0.25, 0.3) is 0 Å². The lowest BCUT2D eigenvalue weighted by atomic mass is 9.97. The summed E-state index contributed by atoms with van der Waals surface area (Å²) >= 11 is 0. The van der Waals surface area contributed by atoms with Crippen LogP contribution in [0.15, 0.2) is 42.5 Å². The van der Waals surface area contributed by atoms with Crippen molar-refractivity contribution in [2.45, 2.75) is 98.3 Å². The average Bonchev–Trinajstić information content (AvgIpc) is 2.84. The molecule has 0 aliphatic carbocycles. The summed E-state index contributed by atoms with van der Waals surface area (Å²) < 4.78 is 5.36. The number of hydrogen-bond acceptors (Lipinski definition) is 5. The molecule has 0 saturated heterocycles. The molecule has 41 heavy (non-hydrogen) atoms. The van der Waals surface area contributed by atoms with Gasteiger partial charge in [-0.1, -0.05) is 73.7 Å². The lowest BCUT2D eigenvalue weighted by Crippen LogP contribution is -2.53. The zero-order valence-electron chi connectivity index (χ0n) is 25.5. The molecule has 0 aromatic heterocycles. The van der Waals surface area contributed by atoms with Gasteiger partial charge in [-0.15, -0.1) is 0 Å². The molecule has 2 atom stereocenters. The van der Waals surface area contributed by atoms with Gasteiger partial charge in [0.2, 0.25) is 11.8 Å². The van der Waals surface area contributed by atoms with Gasteiger partial charge in [0.25, 0.3) is 5.91 Å². The minimum atomic E-state index is -1.31. The van der Waals surface area contributed by atoms with E-state index in [0.717, 1.165) is 36.0 Å². The van der Waals surface area contributed by atoms with Crippen LogP contribution in [0.2, 0.25) is 0 Å². The minimum absolute atomic E-state index is 0.239. The Morgan fingerprint density at radius 1 is 0.951 bits per heavy atom. The van der Waals surface area contributed by atoms with Gasteiger partial charge >= 0.3 is 6.09 Å². The van der Waals surface area contributed by atoms with E-state index < -0.39 is 47.9 Å². The Morgan fingerprint density at radius 3 is 2.15 bits per heavy atom. The number of rotatable bonds is 13. The number of unbranched alkanes of at least 4 members (excludes halogenated alkanes) is 3. The molecule has 0 radical (unpaired) electrons. The van der Waals surface area contributed by atoms with Crippen LogP contribution in [-0.4, -0.2) is 46.9 Å². The number of carbonyl (C=O) groups excluding carboxylic acids is 4. The Hall–Kier alpha value is -3.88. The largest absolute Gasteiger partial charge is 0.444 e. The van der Waals surface area contributed by atoms with Crippen molar-refractivity contribution in [3.63, 3.8) is 0 Å². The fraction of sp³-hybridized carbons (Fsp3) is 0.500. The lowest BCUT2D eigenvalue weighted by Gasteiger charge is -2.34. The van der Waals surface area contributed by atoms with Crippen molar-refractivity contribution in [3.8, 4) is 0 Å². The van der Waals surface area contributed by atoms with Gasteiger partial charge in [0.1, 0.15) is 17.7 Å². The Kier molecular flexibility index (Phi) is 12.4. The van der Waals surface area contributed by atoms with Gasteiger partial charge in [-0.25, -0.2) is 4.79 Å². The molecule has 0 saturated carbocycles. The number of nitrogens with one attached hydrogen (secondary N) is 2. The van der Waals surface area contributed by atoms with Crippen molar-refractivity contribution in [1.82, 2.24) is 10.2 Å². The first-order valence-electron chi connectivity index (χ1n) is 14.2. The number of carbonyl (C=O) groups is 4. The maximum Gasteiger partial charge on any atom is 0.408 e. The summed E-state index contributed by atoms with van der Waals surface area (Å²) in [7, 11) is 0. The number of amides is 4. The van der Waals surface area contributed by atoms with Crippen LogP contribution in [-0.2, 0) is 19.1 Å². The molecule has 9 nitrogen and oxygen atoms in total. The predicted octanol–water partition coefficient (Wildman–Crippen LogP) is 5.47. The second-order valence-electron chi connectivity index (χ2n) is 11.6. The van der Waals surface area contributed by atoms with Gasteiger partial charge < -0.3 is 26.0 Å². The molecule has 2 unspecified atom stereocenters. The van der Waals surface area contributed by atoms with Crippen molar-refractivity contribution in [1.29, 1.82) is 0 Å². The molecular formula is C32H46N4O5. The van der Waals surface area contributed by atoms with E-state index in [1.807, 2.05) is 57.2 Å². The molecule has 0 bridgehead atoms. The highest BCUT2D eigenvalue weighted by Crippen LogP contribution is 2.28. The maximum absolute atomic E-state index is 14.2. The normalized spacial score (nSPS) is 12.7. The fourth-order valence-electron chi connectivity index (χ4n) is 4.68. The van der Waals surface area contributed by atoms with E-state index in [1.165, 1.54) is 4.90 Å².